The van der Waals surface area contributed by atoms with E-state index in [1.807, 2.05) is 19.1 Å². The van der Waals surface area contributed by atoms with E-state index in [-0.39, 0.29) is 6.04 Å². The Kier molecular flexibility index (Phi) is 4.77. The van der Waals surface area contributed by atoms with Crippen LogP contribution < -0.4 is 16.2 Å². The minimum Gasteiger partial charge on any atom is -0.496 e. The van der Waals surface area contributed by atoms with Crippen LogP contribution in [0.4, 0.5) is 0 Å². The van der Waals surface area contributed by atoms with Gasteiger partial charge in [-0.2, -0.15) is 0 Å². The van der Waals surface area contributed by atoms with Crippen LogP contribution in [0.5, 0.6) is 5.75 Å². The number of methoxy groups -OCH3 is 1. The van der Waals surface area contributed by atoms with Crippen molar-refractivity contribution >= 4 is 0 Å². The van der Waals surface area contributed by atoms with Gasteiger partial charge in [-0.1, -0.05) is 19.1 Å². The van der Waals surface area contributed by atoms with Gasteiger partial charge in [0, 0.05) is 6.04 Å². The summed E-state index contributed by atoms with van der Waals surface area (Å²) in [5, 5.41) is 0. The van der Waals surface area contributed by atoms with Gasteiger partial charge in [0.25, 0.3) is 0 Å². The lowest BCUT2D eigenvalue weighted by Gasteiger charge is -2.20. The van der Waals surface area contributed by atoms with Crippen LogP contribution in [-0.4, -0.2) is 13.7 Å². The molecule has 1 aromatic carbocycles. The molecule has 4 N–H and O–H groups in total. The second kappa shape index (κ2) is 5.87. The Balaban J connectivity index is 2.84. The van der Waals surface area contributed by atoms with Gasteiger partial charge in [-0.05, 0) is 43.0 Å². The molecule has 0 spiro atoms. The van der Waals surface area contributed by atoms with Gasteiger partial charge in [-0.3, -0.25) is 0 Å². The van der Waals surface area contributed by atoms with Crippen molar-refractivity contribution < 1.29 is 4.74 Å². The van der Waals surface area contributed by atoms with Crippen LogP contribution in [-0.2, 0) is 0 Å². The molecule has 3 nitrogen and oxygen atoms in total. The molecule has 0 aliphatic rings. The number of hydrogen-bond acceptors (Lipinski definition) is 3. The minimum atomic E-state index is 0.0492. The second-order valence-corrected chi connectivity index (χ2v) is 4.31. The summed E-state index contributed by atoms with van der Waals surface area (Å²) >= 11 is 0. The molecule has 0 amide bonds. The van der Waals surface area contributed by atoms with Crippen LogP contribution in [0.2, 0.25) is 0 Å². The van der Waals surface area contributed by atoms with Crippen molar-refractivity contribution in [2.75, 3.05) is 13.7 Å². The average molecular weight is 222 g/mol. The fraction of sp³-hybridized carbons (Fsp3) is 0.538. The standard InChI is InChI=1S/C13H22N2O/c1-9(6-7-14)13(15)11-4-5-12(16-3)10(2)8-11/h4-5,8-9,13H,6-7,14-15H2,1-3H3. The predicted molar refractivity (Wildman–Crippen MR) is 67.5 cm³/mol. The third-order valence-electron chi connectivity index (χ3n) is 3.04. The molecule has 1 rings (SSSR count). The van der Waals surface area contributed by atoms with E-state index in [0.717, 1.165) is 23.3 Å². The highest BCUT2D eigenvalue weighted by atomic mass is 16.5. The summed E-state index contributed by atoms with van der Waals surface area (Å²) in [6, 6.07) is 6.15. The van der Waals surface area contributed by atoms with Crippen molar-refractivity contribution in [2.24, 2.45) is 17.4 Å². The first-order chi connectivity index (χ1) is 7.60. The van der Waals surface area contributed by atoms with E-state index >= 15 is 0 Å². The molecular weight excluding hydrogens is 200 g/mol. The van der Waals surface area contributed by atoms with Crippen LogP contribution >= 0.6 is 0 Å². The third kappa shape index (κ3) is 2.97. The summed E-state index contributed by atoms with van der Waals surface area (Å²) in [4.78, 5) is 0. The number of ether oxygens (including phenoxy) is 1. The first kappa shape index (κ1) is 13.0. The zero-order valence-corrected chi connectivity index (χ0v) is 10.4. The van der Waals surface area contributed by atoms with Crippen molar-refractivity contribution in [1.29, 1.82) is 0 Å². The fourth-order valence-electron chi connectivity index (χ4n) is 1.88. The first-order valence-electron chi connectivity index (χ1n) is 5.70. The molecule has 16 heavy (non-hydrogen) atoms. The van der Waals surface area contributed by atoms with Crippen LogP contribution in [0.1, 0.15) is 30.5 Å². The van der Waals surface area contributed by atoms with Gasteiger partial charge >= 0.3 is 0 Å². The van der Waals surface area contributed by atoms with Gasteiger partial charge in [0.15, 0.2) is 0 Å². The molecule has 0 aliphatic carbocycles. The highest BCUT2D eigenvalue weighted by Gasteiger charge is 2.14. The van der Waals surface area contributed by atoms with E-state index in [9.17, 15) is 0 Å². The minimum absolute atomic E-state index is 0.0492. The number of benzene rings is 1. The fourth-order valence-corrected chi connectivity index (χ4v) is 1.88. The lowest BCUT2D eigenvalue weighted by atomic mass is 9.92. The van der Waals surface area contributed by atoms with E-state index in [0.29, 0.717) is 12.5 Å². The van der Waals surface area contributed by atoms with E-state index in [1.165, 1.54) is 0 Å². The number of nitrogens with two attached hydrogens (primary N) is 2. The molecule has 3 heteroatoms. The van der Waals surface area contributed by atoms with E-state index in [4.69, 9.17) is 16.2 Å². The molecule has 0 bridgehead atoms. The van der Waals surface area contributed by atoms with Crippen molar-refractivity contribution in [3.05, 3.63) is 29.3 Å². The van der Waals surface area contributed by atoms with Gasteiger partial charge in [0.1, 0.15) is 5.75 Å². The third-order valence-corrected chi connectivity index (χ3v) is 3.04. The van der Waals surface area contributed by atoms with E-state index in [1.54, 1.807) is 7.11 Å². The Hall–Kier alpha value is -1.06. The van der Waals surface area contributed by atoms with Gasteiger partial charge in [0.2, 0.25) is 0 Å². The topological polar surface area (TPSA) is 61.3 Å². The molecule has 1 aromatic rings. The Labute approximate surface area is 97.8 Å². The van der Waals surface area contributed by atoms with Crippen LogP contribution in [0, 0.1) is 12.8 Å². The summed E-state index contributed by atoms with van der Waals surface area (Å²) < 4.78 is 5.23. The van der Waals surface area contributed by atoms with Crippen LogP contribution in [0.25, 0.3) is 0 Å². The van der Waals surface area contributed by atoms with Gasteiger partial charge in [-0.15, -0.1) is 0 Å². The lowest BCUT2D eigenvalue weighted by Crippen LogP contribution is -2.21. The monoisotopic (exact) mass is 222 g/mol. The summed E-state index contributed by atoms with van der Waals surface area (Å²) in [5.41, 5.74) is 14.0. The summed E-state index contributed by atoms with van der Waals surface area (Å²) in [5.74, 6) is 1.31. The zero-order valence-electron chi connectivity index (χ0n) is 10.4. The average Bonchev–Trinajstić information content (AvgIpc) is 2.28. The molecule has 0 aromatic heterocycles. The Morgan fingerprint density at radius 3 is 2.56 bits per heavy atom. The highest BCUT2D eigenvalue weighted by Crippen LogP contribution is 2.26. The van der Waals surface area contributed by atoms with E-state index < -0.39 is 0 Å². The van der Waals surface area contributed by atoms with E-state index in [2.05, 4.69) is 13.0 Å². The molecule has 0 radical (unpaired) electrons. The molecule has 2 unspecified atom stereocenters. The Morgan fingerprint density at radius 1 is 1.38 bits per heavy atom. The smallest absolute Gasteiger partial charge is 0.121 e. The van der Waals surface area contributed by atoms with Gasteiger partial charge in [-0.25, -0.2) is 0 Å². The molecule has 90 valence electrons. The van der Waals surface area contributed by atoms with Crippen molar-refractivity contribution in [3.8, 4) is 5.75 Å². The Morgan fingerprint density at radius 2 is 2.06 bits per heavy atom. The van der Waals surface area contributed by atoms with Crippen molar-refractivity contribution in [3.63, 3.8) is 0 Å². The van der Waals surface area contributed by atoms with Crippen LogP contribution in [0.3, 0.4) is 0 Å². The summed E-state index contributed by atoms with van der Waals surface area (Å²) in [6.45, 7) is 4.85. The maximum Gasteiger partial charge on any atom is 0.121 e. The van der Waals surface area contributed by atoms with Crippen LogP contribution in [0.15, 0.2) is 18.2 Å². The van der Waals surface area contributed by atoms with Crippen molar-refractivity contribution in [1.82, 2.24) is 0 Å². The zero-order chi connectivity index (χ0) is 12.1. The number of rotatable bonds is 5. The maximum absolute atomic E-state index is 6.19. The number of aryl methyl sites for hydroxylation is 1. The number of hydrogen-bond donors (Lipinski definition) is 2. The second-order valence-electron chi connectivity index (χ2n) is 4.31. The van der Waals surface area contributed by atoms with Gasteiger partial charge < -0.3 is 16.2 Å². The molecule has 0 fully saturated rings. The quantitative estimate of drug-likeness (QED) is 0.801. The molecular formula is C13H22N2O. The van der Waals surface area contributed by atoms with Gasteiger partial charge in [0.05, 0.1) is 7.11 Å². The SMILES string of the molecule is COc1ccc(C(N)C(C)CCN)cc1C. The largest absolute Gasteiger partial charge is 0.496 e. The molecule has 0 heterocycles. The molecule has 0 saturated heterocycles. The maximum atomic E-state index is 6.19. The summed E-state index contributed by atoms with van der Waals surface area (Å²) in [7, 11) is 1.68. The predicted octanol–water partition coefficient (Wildman–Crippen LogP) is 1.99. The first-order valence-corrected chi connectivity index (χ1v) is 5.70. The Bertz CT molecular complexity index is 339. The highest BCUT2D eigenvalue weighted by molar-refractivity contribution is 5.37. The molecule has 0 saturated carbocycles. The molecule has 2 atom stereocenters. The van der Waals surface area contributed by atoms with Crippen molar-refractivity contribution in [2.45, 2.75) is 26.3 Å². The summed E-state index contributed by atoms with van der Waals surface area (Å²) in [6.07, 6.45) is 0.951. The molecule has 0 aliphatic heterocycles. The lowest BCUT2D eigenvalue weighted by molar-refractivity contribution is 0.409. The normalized spacial score (nSPS) is 14.6.